The maximum Gasteiger partial charge on any atom is 0.240 e. The summed E-state index contributed by atoms with van der Waals surface area (Å²) in [7, 11) is -0.996. The first-order valence-electron chi connectivity index (χ1n) is 11.3. The van der Waals surface area contributed by atoms with Crippen LogP contribution in [0.3, 0.4) is 0 Å². The zero-order valence-electron chi connectivity index (χ0n) is 20.8. The van der Waals surface area contributed by atoms with E-state index in [-0.39, 0.29) is 25.0 Å². The Morgan fingerprint density at radius 3 is 2.36 bits per heavy atom. The maximum atomic E-state index is 13.5. The Morgan fingerprint density at radius 1 is 1.14 bits per heavy atom. The molecule has 12 nitrogen and oxygen atoms in total. The molecule has 0 saturated heterocycles. The van der Waals surface area contributed by atoms with Gasteiger partial charge in [0, 0.05) is 33.2 Å². The highest BCUT2D eigenvalue weighted by Gasteiger charge is 2.35. The second-order valence-electron chi connectivity index (χ2n) is 8.10. The van der Waals surface area contributed by atoms with Crippen LogP contribution < -0.4 is 4.72 Å². The zero-order valence-corrected chi connectivity index (χ0v) is 22.4. The van der Waals surface area contributed by atoms with Crippen molar-refractivity contribution in [1.29, 1.82) is 0 Å². The van der Waals surface area contributed by atoms with Crippen LogP contribution in [0.15, 0.2) is 28.9 Å². The standard InChI is InChI=1S/C22H31ClN6O6S/c1-6-9-34-19(20-24-10-16(23)11-25-20)15(3)36(30,31)28-22-27-26-21(18-8-7-14(2)35-18)29(22)17(12-32-4)13-33-5/h7-8,10-11,15,17,19H,6,9,12-13H2,1-5H3,(H,27,28)/t15-,19+/m0/s1. The molecule has 0 bridgehead atoms. The number of hydrogen-bond donors (Lipinski definition) is 1. The first kappa shape index (κ1) is 28.0. The third kappa shape index (κ3) is 6.59. The number of aryl methyl sites for hydroxylation is 1. The summed E-state index contributed by atoms with van der Waals surface area (Å²) in [5.41, 5.74) is 0. The highest BCUT2D eigenvalue weighted by atomic mass is 35.5. The van der Waals surface area contributed by atoms with Gasteiger partial charge < -0.3 is 18.6 Å². The summed E-state index contributed by atoms with van der Waals surface area (Å²) in [6.07, 6.45) is 2.53. The fourth-order valence-corrected chi connectivity index (χ4v) is 4.73. The minimum absolute atomic E-state index is 0.0173. The van der Waals surface area contributed by atoms with Crippen molar-refractivity contribution in [2.24, 2.45) is 0 Å². The largest absolute Gasteiger partial charge is 0.458 e. The molecule has 3 aromatic heterocycles. The van der Waals surface area contributed by atoms with Crippen molar-refractivity contribution in [2.45, 2.75) is 44.6 Å². The van der Waals surface area contributed by atoms with Crippen molar-refractivity contribution in [3.05, 3.63) is 41.1 Å². The lowest BCUT2D eigenvalue weighted by Gasteiger charge is -2.25. The second-order valence-corrected chi connectivity index (χ2v) is 10.6. The first-order chi connectivity index (χ1) is 17.2. The van der Waals surface area contributed by atoms with Crippen molar-refractivity contribution in [3.8, 4) is 11.6 Å². The first-order valence-corrected chi connectivity index (χ1v) is 13.2. The molecule has 0 unspecified atom stereocenters. The summed E-state index contributed by atoms with van der Waals surface area (Å²) in [5.74, 6) is 1.61. The predicted molar refractivity (Wildman–Crippen MR) is 133 cm³/mol. The van der Waals surface area contributed by atoms with Gasteiger partial charge in [-0.05, 0) is 32.4 Å². The number of hydrogen-bond acceptors (Lipinski definition) is 10. The van der Waals surface area contributed by atoms with E-state index in [0.29, 0.717) is 35.4 Å². The summed E-state index contributed by atoms with van der Waals surface area (Å²) >= 11 is 5.91. The van der Waals surface area contributed by atoms with Gasteiger partial charge in [-0.2, -0.15) is 0 Å². The van der Waals surface area contributed by atoms with E-state index in [1.54, 1.807) is 23.6 Å². The van der Waals surface area contributed by atoms with E-state index in [1.807, 2.05) is 6.92 Å². The average molecular weight is 543 g/mol. The van der Waals surface area contributed by atoms with Crippen molar-refractivity contribution < 1.29 is 27.0 Å². The van der Waals surface area contributed by atoms with Gasteiger partial charge in [0.2, 0.25) is 21.8 Å². The van der Waals surface area contributed by atoms with Gasteiger partial charge in [-0.15, -0.1) is 10.2 Å². The fourth-order valence-electron chi connectivity index (χ4n) is 3.53. The Balaban J connectivity index is 2.00. The van der Waals surface area contributed by atoms with Crippen LogP contribution in [0.4, 0.5) is 5.95 Å². The Kier molecular flexibility index (Phi) is 9.79. The van der Waals surface area contributed by atoms with E-state index in [2.05, 4.69) is 24.9 Å². The number of halogens is 1. The molecule has 14 heteroatoms. The molecule has 1 N–H and O–H groups in total. The molecule has 0 fully saturated rings. The molecule has 36 heavy (non-hydrogen) atoms. The van der Waals surface area contributed by atoms with Crippen LogP contribution in [0, 0.1) is 6.92 Å². The Bertz CT molecular complexity index is 1210. The molecule has 2 atom stereocenters. The van der Waals surface area contributed by atoms with Crippen LogP contribution in [-0.4, -0.2) is 72.4 Å². The number of nitrogens with zero attached hydrogens (tertiary/aromatic N) is 5. The molecular weight excluding hydrogens is 512 g/mol. The number of methoxy groups -OCH3 is 2. The van der Waals surface area contributed by atoms with Crippen LogP contribution in [0.1, 0.15) is 44.0 Å². The van der Waals surface area contributed by atoms with Crippen LogP contribution in [-0.2, 0) is 24.2 Å². The van der Waals surface area contributed by atoms with Crippen molar-refractivity contribution in [3.63, 3.8) is 0 Å². The summed E-state index contributed by atoms with van der Waals surface area (Å²) in [6.45, 7) is 5.97. The van der Waals surface area contributed by atoms with E-state index in [1.165, 1.54) is 33.5 Å². The van der Waals surface area contributed by atoms with Gasteiger partial charge in [-0.3, -0.25) is 9.29 Å². The van der Waals surface area contributed by atoms with E-state index in [4.69, 9.17) is 30.2 Å². The van der Waals surface area contributed by atoms with E-state index in [9.17, 15) is 8.42 Å². The molecular formula is C22H31ClN6O6S. The van der Waals surface area contributed by atoms with E-state index < -0.39 is 27.4 Å². The lowest BCUT2D eigenvalue weighted by atomic mass is 10.2. The number of nitrogens with one attached hydrogen (secondary N) is 1. The van der Waals surface area contributed by atoms with E-state index >= 15 is 0 Å². The SMILES string of the molecule is CCCO[C@@H](c1ncc(Cl)cn1)[C@H](C)S(=O)(=O)Nc1nnc(-c2ccc(C)o2)n1C(COC)COC. The lowest BCUT2D eigenvalue weighted by molar-refractivity contribution is 0.0466. The minimum Gasteiger partial charge on any atom is -0.458 e. The third-order valence-electron chi connectivity index (χ3n) is 5.29. The normalized spacial score (nSPS) is 13.8. The smallest absolute Gasteiger partial charge is 0.240 e. The average Bonchev–Trinajstić information content (AvgIpc) is 3.45. The number of furan rings is 1. The third-order valence-corrected chi connectivity index (χ3v) is 7.17. The Labute approximate surface area is 215 Å². The summed E-state index contributed by atoms with van der Waals surface area (Å²) in [5, 5.41) is 7.57. The summed E-state index contributed by atoms with van der Waals surface area (Å²) < 4.78 is 53.5. The monoisotopic (exact) mass is 542 g/mol. The number of anilines is 1. The van der Waals surface area contributed by atoms with Crippen molar-refractivity contribution in [2.75, 3.05) is 38.8 Å². The van der Waals surface area contributed by atoms with Crippen molar-refractivity contribution in [1.82, 2.24) is 24.7 Å². The number of ether oxygens (including phenoxy) is 3. The molecule has 0 aliphatic carbocycles. The summed E-state index contributed by atoms with van der Waals surface area (Å²) in [4.78, 5) is 8.35. The van der Waals surface area contributed by atoms with Gasteiger partial charge in [0.05, 0.1) is 24.3 Å². The fraction of sp³-hybridized carbons (Fsp3) is 0.545. The van der Waals surface area contributed by atoms with Crippen molar-refractivity contribution >= 4 is 27.6 Å². The molecule has 3 rings (SSSR count). The highest BCUT2D eigenvalue weighted by molar-refractivity contribution is 7.93. The minimum atomic E-state index is -4.07. The van der Waals surface area contributed by atoms with Crippen LogP contribution >= 0.6 is 11.6 Å². The zero-order chi connectivity index (χ0) is 26.3. The van der Waals surface area contributed by atoms with Gasteiger partial charge in [-0.1, -0.05) is 18.5 Å². The quantitative estimate of drug-likeness (QED) is 0.321. The van der Waals surface area contributed by atoms with Crippen LogP contribution in [0.25, 0.3) is 11.6 Å². The molecule has 0 saturated carbocycles. The second kappa shape index (κ2) is 12.6. The number of aromatic nitrogens is 5. The molecule has 0 aromatic carbocycles. The Morgan fingerprint density at radius 2 is 1.81 bits per heavy atom. The molecule has 0 amide bonds. The van der Waals surface area contributed by atoms with Gasteiger partial charge in [0.25, 0.3) is 0 Å². The van der Waals surface area contributed by atoms with Gasteiger partial charge in [0.1, 0.15) is 17.1 Å². The topological polar surface area (TPSA) is 143 Å². The van der Waals surface area contributed by atoms with Gasteiger partial charge >= 0.3 is 0 Å². The Hall–Kier alpha value is -2.58. The summed E-state index contributed by atoms with van der Waals surface area (Å²) in [6, 6.07) is 3.07. The van der Waals surface area contributed by atoms with Crippen LogP contribution in [0.2, 0.25) is 5.02 Å². The number of rotatable bonds is 14. The van der Waals surface area contributed by atoms with E-state index in [0.717, 1.165) is 0 Å². The lowest BCUT2D eigenvalue weighted by Crippen LogP contribution is -2.35. The molecule has 3 heterocycles. The molecule has 198 valence electrons. The molecule has 3 aromatic rings. The molecule has 0 aliphatic rings. The highest BCUT2D eigenvalue weighted by Crippen LogP contribution is 2.30. The number of sulfonamides is 1. The predicted octanol–water partition coefficient (Wildman–Crippen LogP) is 3.42. The maximum absolute atomic E-state index is 13.5. The molecule has 0 radical (unpaired) electrons. The van der Waals surface area contributed by atoms with Gasteiger partial charge in [-0.25, -0.2) is 18.4 Å². The molecule has 0 spiro atoms. The van der Waals surface area contributed by atoms with Gasteiger partial charge in [0.15, 0.2) is 11.6 Å². The van der Waals surface area contributed by atoms with Crippen LogP contribution in [0.5, 0.6) is 0 Å². The molecule has 0 aliphatic heterocycles.